The maximum atomic E-state index is 13.3. The third-order valence-corrected chi connectivity index (χ3v) is 8.73. The van der Waals surface area contributed by atoms with E-state index in [9.17, 15) is 14.7 Å². The van der Waals surface area contributed by atoms with Crippen molar-refractivity contribution in [1.82, 2.24) is 0 Å². The SMILES string of the molecule is C=CC1=CC[C@H]2C(=O)C=C(C)C(=O)[C@@]2(Br)[C@H]1c1cc(OC)c(O)c(Br)c1Br. The molecule has 4 nitrogen and oxygen atoms in total. The molecule has 0 saturated carbocycles. The zero-order chi connectivity index (χ0) is 20.1. The van der Waals surface area contributed by atoms with E-state index in [-0.39, 0.29) is 23.1 Å². The largest absolute Gasteiger partial charge is 0.503 e. The summed E-state index contributed by atoms with van der Waals surface area (Å²) < 4.78 is 5.17. The minimum atomic E-state index is -1.13. The van der Waals surface area contributed by atoms with Crippen molar-refractivity contribution in [1.29, 1.82) is 0 Å². The number of carbonyl (C=O) groups is 2. The second-order valence-corrected chi connectivity index (χ2v) is 9.50. The number of ether oxygens (including phenoxy) is 1. The van der Waals surface area contributed by atoms with Crippen LogP contribution < -0.4 is 4.74 Å². The van der Waals surface area contributed by atoms with Gasteiger partial charge in [0.05, 0.1) is 11.6 Å². The predicted molar refractivity (Wildman–Crippen MR) is 115 cm³/mol. The van der Waals surface area contributed by atoms with Crippen LogP contribution in [0.3, 0.4) is 0 Å². The molecule has 3 rings (SSSR count). The molecule has 2 aliphatic carbocycles. The van der Waals surface area contributed by atoms with Gasteiger partial charge in [0.25, 0.3) is 0 Å². The number of benzene rings is 1. The van der Waals surface area contributed by atoms with Crippen molar-refractivity contribution in [2.75, 3.05) is 7.11 Å². The van der Waals surface area contributed by atoms with Gasteiger partial charge in [-0.05, 0) is 74.1 Å². The van der Waals surface area contributed by atoms with E-state index in [0.29, 0.717) is 26.5 Å². The number of allylic oxidation sites excluding steroid dienone is 5. The van der Waals surface area contributed by atoms with Gasteiger partial charge in [-0.3, -0.25) is 9.59 Å². The van der Waals surface area contributed by atoms with E-state index in [1.165, 1.54) is 13.2 Å². The molecule has 1 aromatic carbocycles. The number of hydrogen-bond acceptors (Lipinski definition) is 4. The Labute approximate surface area is 182 Å². The lowest BCUT2D eigenvalue weighted by Gasteiger charge is -2.45. The molecule has 0 aliphatic heterocycles. The van der Waals surface area contributed by atoms with Crippen LogP contribution >= 0.6 is 47.8 Å². The average Bonchev–Trinajstić information content (AvgIpc) is 2.64. The molecule has 1 N–H and O–H groups in total. The van der Waals surface area contributed by atoms with E-state index in [1.807, 2.05) is 6.08 Å². The minimum absolute atomic E-state index is 0.0460. The summed E-state index contributed by atoms with van der Waals surface area (Å²) in [6.45, 7) is 5.55. The first-order chi connectivity index (χ1) is 12.7. The number of methoxy groups -OCH3 is 1. The fraction of sp³-hybridized carbons (Fsp3) is 0.300. The number of ketones is 2. The average molecular weight is 561 g/mol. The Morgan fingerprint density at radius 1 is 1.33 bits per heavy atom. The van der Waals surface area contributed by atoms with Gasteiger partial charge in [0.2, 0.25) is 0 Å². The van der Waals surface area contributed by atoms with Crippen molar-refractivity contribution >= 4 is 59.4 Å². The Morgan fingerprint density at radius 2 is 2.00 bits per heavy atom. The molecule has 0 bridgehead atoms. The summed E-state index contributed by atoms with van der Waals surface area (Å²) in [6.07, 6.45) is 5.53. The monoisotopic (exact) mass is 558 g/mol. The molecule has 0 spiro atoms. The van der Waals surface area contributed by atoms with Crippen LogP contribution in [0.15, 0.2) is 51.0 Å². The number of halogens is 3. The number of aromatic hydroxyl groups is 1. The molecule has 0 amide bonds. The summed E-state index contributed by atoms with van der Waals surface area (Å²) in [6, 6.07) is 1.68. The van der Waals surface area contributed by atoms with E-state index in [4.69, 9.17) is 4.74 Å². The molecular formula is C20H17Br3O4. The topological polar surface area (TPSA) is 63.6 Å². The summed E-state index contributed by atoms with van der Waals surface area (Å²) in [5.74, 6) is -0.991. The highest BCUT2D eigenvalue weighted by molar-refractivity contribution is 9.13. The first-order valence-corrected chi connectivity index (χ1v) is 10.6. The lowest BCUT2D eigenvalue weighted by Crippen LogP contribution is -2.53. The van der Waals surface area contributed by atoms with E-state index >= 15 is 0 Å². The lowest BCUT2D eigenvalue weighted by molar-refractivity contribution is -0.128. The number of Topliss-reactive ketones (excluding diaryl/α,β-unsaturated/α-hetero) is 1. The van der Waals surface area contributed by atoms with Gasteiger partial charge in [0, 0.05) is 16.3 Å². The summed E-state index contributed by atoms with van der Waals surface area (Å²) >= 11 is 10.6. The van der Waals surface area contributed by atoms with Crippen LogP contribution in [0.1, 0.15) is 24.8 Å². The van der Waals surface area contributed by atoms with Crippen LogP contribution in [-0.4, -0.2) is 28.1 Å². The fourth-order valence-electron chi connectivity index (χ4n) is 3.87. The third-order valence-electron chi connectivity index (χ3n) is 5.20. The lowest BCUT2D eigenvalue weighted by atomic mass is 9.62. The minimum Gasteiger partial charge on any atom is -0.503 e. The maximum Gasteiger partial charge on any atom is 0.177 e. The standard InChI is InChI=1S/C20H17Br3O4/c1-4-10-5-6-12-13(24)7-9(2)19(26)20(12,23)15(10)11-8-14(27-3)18(25)17(22)16(11)21/h4-5,7-8,12,15,25H,1,6H2,2-3H3/t12-,15+,20-/m0/s1. The van der Waals surface area contributed by atoms with Gasteiger partial charge in [-0.1, -0.05) is 34.7 Å². The molecule has 3 atom stereocenters. The highest BCUT2D eigenvalue weighted by atomic mass is 79.9. The molecular weight excluding hydrogens is 544 g/mol. The van der Waals surface area contributed by atoms with Gasteiger partial charge in [-0.2, -0.15) is 0 Å². The summed E-state index contributed by atoms with van der Waals surface area (Å²) in [5, 5.41) is 10.3. The van der Waals surface area contributed by atoms with Gasteiger partial charge in [-0.25, -0.2) is 0 Å². The molecule has 0 aromatic heterocycles. The Kier molecular flexibility index (Phi) is 5.58. The van der Waals surface area contributed by atoms with Crippen molar-refractivity contribution in [3.63, 3.8) is 0 Å². The highest BCUT2D eigenvalue weighted by Gasteiger charge is 2.57. The molecule has 0 unspecified atom stereocenters. The molecule has 0 saturated heterocycles. The predicted octanol–water partition coefficient (Wildman–Crippen LogP) is 5.37. The summed E-state index contributed by atoms with van der Waals surface area (Å²) in [4.78, 5) is 25.9. The molecule has 7 heteroatoms. The second kappa shape index (κ2) is 7.33. The number of rotatable bonds is 3. The number of phenols is 1. The second-order valence-electron chi connectivity index (χ2n) is 6.60. The number of fused-ring (bicyclic) bond motifs is 1. The zero-order valence-electron chi connectivity index (χ0n) is 14.7. The number of alkyl halides is 1. The Hall–Kier alpha value is -1.18. The Bertz CT molecular complexity index is 932. The Morgan fingerprint density at radius 3 is 2.59 bits per heavy atom. The molecule has 0 heterocycles. The smallest absolute Gasteiger partial charge is 0.177 e. The van der Waals surface area contributed by atoms with E-state index < -0.39 is 16.2 Å². The molecule has 1 aromatic rings. The molecule has 27 heavy (non-hydrogen) atoms. The van der Waals surface area contributed by atoms with Crippen molar-refractivity contribution in [2.24, 2.45) is 5.92 Å². The zero-order valence-corrected chi connectivity index (χ0v) is 19.4. The quantitative estimate of drug-likeness (QED) is 0.505. The highest BCUT2D eigenvalue weighted by Crippen LogP contribution is 2.57. The van der Waals surface area contributed by atoms with Crippen LogP contribution in [0.25, 0.3) is 0 Å². The normalized spacial score (nSPS) is 27.6. The van der Waals surface area contributed by atoms with Crippen molar-refractivity contribution in [3.05, 3.63) is 56.5 Å². The third kappa shape index (κ3) is 2.98. The van der Waals surface area contributed by atoms with E-state index in [1.54, 1.807) is 19.1 Å². The molecule has 2 aliphatic rings. The number of carbonyl (C=O) groups excluding carboxylic acids is 2. The van der Waals surface area contributed by atoms with Gasteiger partial charge < -0.3 is 9.84 Å². The van der Waals surface area contributed by atoms with Crippen LogP contribution in [0.2, 0.25) is 0 Å². The number of hydrogen-bond donors (Lipinski definition) is 1. The van der Waals surface area contributed by atoms with Crippen LogP contribution in [0.5, 0.6) is 11.5 Å². The molecule has 0 fully saturated rings. The molecule has 0 radical (unpaired) electrons. The first-order valence-electron chi connectivity index (χ1n) is 8.21. The first kappa shape index (κ1) is 20.6. The van der Waals surface area contributed by atoms with Crippen LogP contribution in [-0.2, 0) is 9.59 Å². The number of phenolic OH excluding ortho intramolecular Hbond substituents is 1. The molecule has 142 valence electrons. The van der Waals surface area contributed by atoms with Crippen LogP contribution in [0, 0.1) is 5.92 Å². The van der Waals surface area contributed by atoms with Crippen molar-refractivity contribution in [2.45, 2.75) is 23.6 Å². The summed E-state index contributed by atoms with van der Waals surface area (Å²) in [5.41, 5.74) is 1.96. The summed E-state index contributed by atoms with van der Waals surface area (Å²) in [7, 11) is 1.46. The fourth-order valence-corrected chi connectivity index (χ4v) is 6.06. The van der Waals surface area contributed by atoms with Gasteiger partial charge >= 0.3 is 0 Å². The van der Waals surface area contributed by atoms with Crippen molar-refractivity contribution in [3.8, 4) is 11.5 Å². The van der Waals surface area contributed by atoms with E-state index in [0.717, 1.165) is 5.57 Å². The van der Waals surface area contributed by atoms with Crippen LogP contribution in [0.4, 0.5) is 0 Å². The van der Waals surface area contributed by atoms with Crippen molar-refractivity contribution < 1.29 is 19.4 Å². The van der Waals surface area contributed by atoms with Gasteiger partial charge in [0.1, 0.15) is 4.32 Å². The van der Waals surface area contributed by atoms with Gasteiger partial charge in [-0.15, -0.1) is 0 Å². The van der Waals surface area contributed by atoms with Gasteiger partial charge in [0.15, 0.2) is 23.1 Å². The van der Waals surface area contributed by atoms with E-state index in [2.05, 4.69) is 54.4 Å². The maximum absolute atomic E-state index is 13.3. The Balaban J connectivity index is 2.34.